The van der Waals surface area contributed by atoms with Crippen LogP contribution < -0.4 is 5.69 Å². The van der Waals surface area contributed by atoms with Crippen molar-refractivity contribution in [3.63, 3.8) is 0 Å². The lowest BCUT2D eigenvalue weighted by Gasteiger charge is -2.01. The molecule has 0 spiro atoms. The van der Waals surface area contributed by atoms with Crippen molar-refractivity contribution in [1.82, 2.24) is 9.97 Å². The minimum absolute atomic E-state index is 0.367. The van der Waals surface area contributed by atoms with Crippen LogP contribution in [0.2, 0.25) is 5.02 Å². The summed E-state index contributed by atoms with van der Waals surface area (Å²) >= 11 is 7.72. The molecule has 0 fully saturated rings. The van der Waals surface area contributed by atoms with Gasteiger partial charge in [-0.25, -0.2) is 4.79 Å². The lowest BCUT2D eigenvalue weighted by atomic mass is 10.1. The zero-order valence-corrected chi connectivity index (χ0v) is 10.9. The predicted molar refractivity (Wildman–Crippen MR) is 74.5 cm³/mol. The minimum atomic E-state index is -0.367. The molecule has 0 saturated heterocycles. The maximum atomic E-state index is 11.2. The number of rotatable bonds is 2. The number of thiophene rings is 1. The zero-order valence-electron chi connectivity index (χ0n) is 9.31. The molecule has 5 heteroatoms. The van der Waals surface area contributed by atoms with E-state index in [0.29, 0.717) is 17.1 Å². The van der Waals surface area contributed by atoms with Gasteiger partial charge in [-0.3, -0.25) is 0 Å². The summed E-state index contributed by atoms with van der Waals surface area (Å²) in [5.41, 5.74) is 1.40. The molecule has 0 aliphatic heterocycles. The van der Waals surface area contributed by atoms with Crippen molar-refractivity contribution in [2.24, 2.45) is 0 Å². The molecule has 0 amide bonds. The summed E-state index contributed by atoms with van der Waals surface area (Å²) in [6.45, 7) is 0. The van der Waals surface area contributed by atoms with Crippen molar-refractivity contribution in [2.75, 3.05) is 0 Å². The quantitative estimate of drug-likeness (QED) is 0.781. The predicted octanol–water partition coefficient (Wildman–Crippen LogP) is 3.23. The van der Waals surface area contributed by atoms with Gasteiger partial charge in [0, 0.05) is 17.3 Å². The van der Waals surface area contributed by atoms with Crippen LogP contribution in [0.4, 0.5) is 0 Å². The minimum Gasteiger partial charge on any atom is -0.311 e. The Bertz CT molecular complexity index is 763. The van der Waals surface area contributed by atoms with Gasteiger partial charge in [0.05, 0.1) is 10.7 Å². The molecule has 3 rings (SSSR count). The van der Waals surface area contributed by atoms with E-state index in [1.807, 2.05) is 12.1 Å². The van der Waals surface area contributed by atoms with Crippen molar-refractivity contribution >= 4 is 33.0 Å². The Morgan fingerprint density at radius 1 is 1.33 bits per heavy atom. The van der Waals surface area contributed by atoms with E-state index in [1.165, 1.54) is 16.3 Å². The Morgan fingerprint density at radius 2 is 2.17 bits per heavy atom. The van der Waals surface area contributed by atoms with E-state index in [0.717, 1.165) is 5.56 Å². The molecule has 0 aliphatic rings. The molecule has 90 valence electrons. The first-order valence-electron chi connectivity index (χ1n) is 5.43. The average molecular weight is 277 g/mol. The maximum Gasteiger partial charge on any atom is 0.345 e. The summed E-state index contributed by atoms with van der Waals surface area (Å²) in [7, 11) is 0. The topological polar surface area (TPSA) is 45.8 Å². The van der Waals surface area contributed by atoms with Crippen molar-refractivity contribution in [3.8, 4) is 0 Å². The van der Waals surface area contributed by atoms with E-state index in [4.69, 9.17) is 11.6 Å². The first-order valence-corrected chi connectivity index (χ1v) is 6.69. The van der Waals surface area contributed by atoms with Gasteiger partial charge in [-0.05, 0) is 22.4 Å². The van der Waals surface area contributed by atoms with E-state index in [-0.39, 0.29) is 5.69 Å². The second kappa shape index (κ2) is 4.55. The number of nitrogens with zero attached hydrogens (tertiary/aromatic N) is 1. The largest absolute Gasteiger partial charge is 0.345 e. The van der Waals surface area contributed by atoms with Crippen molar-refractivity contribution in [2.45, 2.75) is 6.42 Å². The molecule has 0 aliphatic carbocycles. The van der Waals surface area contributed by atoms with Crippen LogP contribution in [0.3, 0.4) is 0 Å². The van der Waals surface area contributed by atoms with E-state index >= 15 is 0 Å². The van der Waals surface area contributed by atoms with Crippen LogP contribution >= 0.6 is 22.9 Å². The molecule has 18 heavy (non-hydrogen) atoms. The molecule has 3 nitrogen and oxygen atoms in total. The fourth-order valence-electron chi connectivity index (χ4n) is 1.89. The molecule has 2 heterocycles. The number of halogens is 1. The standard InChI is InChI=1S/C13H9ClN2OS/c14-10-6-15-13(17)16-11(10)5-8-7-18-12-4-2-1-3-9(8)12/h1-4,6-7H,5H2,(H,15,16,17). The van der Waals surface area contributed by atoms with Crippen LogP contribution in [-0.4, -0.2) is 9.97 Å². The molecule has 0 radical (unpaired) electrons. The number of nitrogens with one attached hydrogen (secondary N) is 1. The van der Waals surface area contributed by atoms with Crippen molar-refractivity contribution in [1.29, 1.82) is 0 Å². The van der Waals surface area contributed by atoms with Crippen LogP contribution in [0.5, 0.6) is 0 Å². The summed E-state index contributed by atoms with van der Waals surface area (Å²) in [5, 5.41) is 3.77. The van der Waals surface area contributed by atoms with E-state index in [9.17, 15) is 4.79 Å². The van der Waals surface area contributed by atoms with Gasteiger partial charge >= 0.3 is 5.69 Å². The third kappa shape index (κ3) is 2.05. The van der Waals surface area contributed by atoms with Gasteiger partial charge in [-0.1, -0.05) is 29.8 Å². The highest BCUT2D eigenvalue weighted by Crippen LogP contribution is 2.28. The highest BCUT2D eigenvalue weighted by atomic mass is 35.5. The molecule has 1 N–H and O–H groups in total. The fourth-order valence-corrected chi connectivity index (χ4v) is 3.02. The van der Waals surface area contributed by atoms with Crippen LogP contribution in [0, 0.1) is 0 Å². The Balaban J connectivity index is 2.06. The molecule has 0 bridgehead atoms. The Labute approximate surface area is 112 Å². The average Bonchev–Trinajstić information content (AvgIpc) is 2.78. The van der Waals surface area contributed by atoms with Gasteiger partial charge in [0.1, 0.15) is 0 Å². The van der Waals surface area contributed by atoms with Gasteiger partial charge in [0.15, 0.2) is 0 Å². The van der Waals surface area contributed by atoms with Gasteiger partial charge < -0.3 is 4.98 Å². The van der Waals surface area contributed by atoms with E-state index < -0.39 is 0 Å². The molecule has 0 saturated carbocycles. The number of aromatic nitrogens is 2. The Hall–Kier alpha value is -1.65. The van der Waals surface area contributed by atoms with Crippen LogP contribution in [-0.2, 0) is 6.42 Å². The molecular weight excluding hydrogens is 268 g/mol. The first kappa shape index (κ1) is 11.4. The highest BCUT2D eigenvalue weighted by molar-refractivity contribution is 7.17. The SMILES string of the molecule is O=c1nc(Cc2csc3ccccc23)c(Cl)c[nH]1. The molecule has 0 atom stereocenters. The molecular formula is C13H9ClN2OS. The molecule has 0 unspecified atom stereocenters. The third-order valence-corrected chi connectivity index (χ3v) is 4.09. The lowest BCUT2D eigenvalue weighted by Crippen LogP contribution is -2.12. The number of fused-ring (bicyclic) bond motifs is 1. The van der Waals surface area contributed by atoms with E-state index in [1.54, 1.807) is 11.3 Å². The second-order valence-corrected chi connectivity index (χ2v) is 5.25. The van der Waals surface area contributed by atoms with Gasteiger partial charge in [0.2, 0.25) is 0 Å². The molecule has 2 aromatic heterocycles. The lowest BCUT2D eigenvalue weighted by molar-refractivity contribution is 0.983. The van der Waals surface area contributed by atoms with Gasteiger partial charge in [0.25, 0.3) is 0 Å². The number of H-pyrrole nitrogens is 1. The summed E-state index contributed by atoms with van der Waals surface area (Å²) in [4.78, 5) is 17.6. The molecule has 1 aromatic carbocycles. The third-order valence-electron chi connectivity index (χ3n) is 2.75. The number of hydrogen-bond acceptors (Lipinski definition) is 3. The second-order valence-electron chi connectivity index (χ2n) is 3.93. The summed E-state index contributed by atoms with van der Waals surface area (Å²) in [6.07, 6.45) is 2.06. The highest BCUT2D eigenvalue weighted by Gasteiger charge is 2.08. The number of benzene rings is 1. The summed E-state index contributed by atoms with van der Waals surface area (Å²) < 4.78 is 1.23. The number of hydrogen-bond donors (Lipinski definition) is 1. The summed E-state index contributed by atoms with van der Waals surface area (Å²) in [5.74, 6) is 0. The first-order chi connectivity index (χ1) is 8.74. The Morgan fingerprint density at radius 3 is 3.06 bits per heavy atom. The van der Waals surface area contributed by atoms with Crippen LogP contribution in [0.1, 0.15) is 11.3 Å². The van der Waals surface area contributed by atoms with Crippen LogP contribution in [0.25, 0.3) is 10.1 Å². The van der Waals surface area contributed by atoms with Crippen LogP contribution in [0.15, 0.2) is 40.6 Å². The Kier molecular flexibility index (Phi) is 2.89. The zero-order chi connectivity index (χ0) is 12.5. The van der Waals surface area contributed by atoms with Gasteiger partial charge in [-0.15, -0.1) is 11.3 Å². The monoisotopic (exact) mass is 276 g/mol. The van der Waals surface area contributed by atoms with E-state index in [2.05, 4.69) is 27.5 Å². The molecule has 3 aromatic rings. The normalized spacial score (nSPS) is 10.9. The van der Waals surface area contributed by atoms with Crippen molar-refractivity contribution in [3.05, 3.63) is 62.6 Å². The van der Waals surface area contributed by atoms with Crippen molar-refractivity contribution < 1.29 is 0 Å². The fraction of sp³-hybridized carbons (Fsp3) is 0.0769. The smallest absolute Gasteiger partial charge is 0.311 e. The maximum absolute atomic E-state index is 11.2. The number of aromatic amines is 1. The summed E-state index contributed by atoms with van der Waals surface area (Å²) in [6, 6.07) is 8.17. The van der Waals surface area contributed by atoms with Gasteiger partial charge in [-0.2, -0.15) is 4.98 Å².